The number of anilines is 1. The Hall–Kier alpha value is -2.18. The summed E-state index contributed by atoms with van der Waals surface area (Å²) in [5, 5.41) is 5.32. The first-order valence-corrected chi connectivity index (χ1v) is 5.97. The van der Waals surface area contributed by atoms with Crippen molar-refractivity contribution in [1.29, 1.82) is 0 Å². The molecular weight excluding hydrogens is 246 g/mol. The van der Waals surface area contributed by atoms with Crippen LogP contribution >= 0.6 is 0 Å². The quantitative estimate of drug-likeness (QED) is 0.784. The van der Waals surface area contributed by atoms with Crippen LogP contribution in [0.4, 0.5) is 5.95 Å². The number of carbonyl (C=O) groups is 2. The zero-order valence-corrected chi connectivity index (χ0v) is 11.6. The lowest BCUT2D eigenvalue weighted by Gasteiger charge is -2.16. The van der Waals surface area contributed by atoms with Crippen molar-refractivity contribution < 1.29 is 9.59 Å². The van der Waals surface area contributed by atoms with Gasteiger partial charge in [-0.2, -0.15) is 0 Å². The number of rotatable bonds is 5. The van der Waals surface area contributed by atoms with Crippen molar-refractivity contribution >= 4 is 17.8 Å². The van der Waals surface area contributed by atoms with Crippen molar-refractivity contribution in [3.8, 4) is 0 Å². The van der Waals surface area contributed by atoms with E-state index in [1.807, 2.05) is 0 Å². The molecule has 0 spiro atoms. The highest BCUT2D eigenvalue weighted by Gasteiger charge is 2.15. The van der Waals surface area contributed by atoms with Crippen LogP contribution in [-0.4, -0.2) is 54.4 Å². The molecule has 0 aliphatic rings. The average molecular weight is 265 g/mol. The van der Waals surface area contributed by atoms with E-state index in [1.54, 1.807) is 34.1 Å². The Labute approximate surface area is 112 Å². The maximum absolute atomic E-state index is 12.1. The summed E-state index contributed by atoms with van der Waals surface area (Å²) in [6, 6.07) is 1.62. The number of carbonyl (C=O) groups excluding carboxylic acids is 2. The first-order valence-electron chi connectivity index (χ1n) is 5.97. The van der Waals surface area contributed by atoms with Gasteiger partial charge in [-0.25, -0.2) is 9.97 Å². The molecule has 0 aliphatic carbocycles. The van der Waals surface area contributed by atoms with Crippen LogP contribution in [-0.2, 0) is 4.79 Å². The van der Waals surface area contributed by atoms with Crippen molar-refractivity contribution in [2.24, 2.45) is 0 Å². The number of nitrogens with zero attached hydrogens (tertiary/aromatic N) is 3. The lowest BCUT2D eigenvalue weighted by Crippen LogP contribution is -2.32. The third-order valence-electron chi connectivity index (χ3n) is 2.60. The molecule has 1 aromatic heterocycles. The maximum atomic E-state index is 12.1. The molecule has 0 aliphatic heterocycles. The van der Waals surface area contributed by atoms with Gasteiger partial charge in [-0.05, 0) is 13.0 Å². The van der Waals surface area contributed by atoms with Gasteiger partial charge >= 0.3 is 0 Å². The summed E-state index contributed by atoms with van der Waals surface area (Å²) in [4.78, 5) is 33.0. The third kappa shape index (κ3) is 4.20. The fourth-order valence-corrected chi connectivity index (χ4v) is 1.48. The Balaban J connectivity index is 2.76. The predicted molar refractivity (Wildman–Crippen MR) is 72.0 cm³/mol. The van der Waals surface area contributed by atoms with E-state index < -0.39 is 0 Å². The Kier molecular flexibility index (Phi) is 5.23. The third-order valence-corrected chi connectivity index (χ3v) is 2.60. The molecule has 1 heterocycles. The summed E-state index contributed by atoms with van der Waals surface area (Å²) in [5.74, 6) is 0.0726. The minimum atomic E-state index is -0.231. The van der Waals surface area contributed by atoms with Crippen LogP contribution < -0.4 is 10.6 Å². The Morgan fingerprint density at radius 2 is 2.00 bits per heavy atom. The molecule has 104 valence electrons. The van der Waals surface area contributed by atoms with Gasteiger partial charge in [-0.15, -0.1) is 0 Å². The molecular formula is C12H19N5O2. The molecule has 1 aromatic rings. The molecule has 7 heteroatoms. The van der Waals surface area contributed by atoms with Crippen molar-refractivity contribution in [2.75, 3.05) is 33.0 Å². The van der Waals surface area contributed by atoms with E-state index in [-0.39, 0.29) is 18.2 Å². The molecule has 0 unspecified atom stereocenters. The van der Waals surface area contributed by atoms with Gasteiger partial charge < -0.3 is 15.5 Å². The van der Waals surface area contributed by atoms with Crippen LogP contribution in [0.3, 0.4) is 0 Å². The SMILES string of the molecule is CNC(=O)CCN(C)C(=O)c1cc(C)nc(NC)n1. The first kappa shape index (κ1) is 14.9. The van der Waals surface area contributed by atoms with E-state index in [0.717, 1.165) is 0 Å². The van der Waals surface area contributed by atoms with E-state index in [4.69, 9.17) is 0 Å². The Bertz CT molecular complexity index is 475. The van der Waals surface area contributed by atoms with Gasteiger partial charge in [0.05, 0.1) is 0 Å². The van der Waals surface area contributed by atoms with Crippen LogP contribution in [0.5, 0.6) is 0 Å². The minimum Gasteiger partial charge on any atom is -0.359 e. The fourth-order valence-electron chi connectivity index (χ4n) is 1.48. The number of aryl methyl sites for hydroxylation is 1. The molecule has 0 saturated heterocycles. The number of nitrogens with one attached hydrogen (secondary N) is 2. The number of aromatic nitrogens is 2. The molecule has 0 saturated carbocycles. The first-order chi connectivity index (χ1) is 8.97. The Morgan fingerprint density at radius 1 is 1.32 bits per heavy atom. The topological polar surface area (TPSA) is 87.2 Å². The standard InChI is InChI=1S/C12H19N5O2/c1-8-7-9(16-12(14-3)15-8)11(19)17(4)6-5-10(18)13-2/h7H,5-6H2,1-4H3,(H,13,18)(H,14,15,16). The van der Waals surface area contributed by atoms with Crippen LogP contribution in [0.1, 0.15) is 22.6 Å². The average Bonchev–Trinajstić information content (AvgIpc) is 2.42. The van der Waals surface area contributed by atoms with Crippen molar-refractivity contribution in [2.45, 2.75) is 13.3 Å². The van der Waals surface area contributed by atoms with Gasteiger partial charge in [0.25, 0.3) is 5.91 Å². The van der Waals surface area contributed by atoms with Gasteiger partial charge in [0.1, 0.15) is 5.69 Å². The zero-order chi connectivity index (χ0) is 14.4. The van der Waals surface area contributed by atoms with Crippen LogP contribution in [0.15, 0.2) is 6.07 Å². The molecule has 2 amide bonds. The molecule has 0 bridgehead atoms. The second-order valence-electron chi connectivity index (χ2n) is 4.12. The summed E-state index contributed by atoms with van der Waals surface area (Å²) in [5.41, 5.74) is 1.03. The van der Waals surface area contributed by atoms with Crippen LogP contribution in [0.25, 0.3) is 0 Å². The molecule has 1 rings (SSSR count). The highest BCUT2D eigenvalue weighted by atomic mass is 16.2. The lowest BCUT2D eigenvalue weighted by atomic mass is 10.3. The molecule has 0 radical (unpaired) electrons. The number of hydrogen-bond acceptors (Lipinski definition) is 5. The minimum absolute atomic E-state index is 0.102. The summed E-state index contributed by atoms with van der Waals surface area (Å²) in [6.45, 7) is 2.14. The summed E-state index contributed by atoms with van der Waals surface area (Å²) in [7, 11) is 4.90. The molecule has 0 aromatic carbocycles. The molecule has 7 nitrogen and oxygen atoms in total. The van der Waals surface area contributed by atoms with Gasteiger partial charge in [0, 0.05) is 39.8 Å². The second kappa shape index (κ2) is 6.67. The summed E-state index contributed by atoms with van der Waals surface area (Å²) >= 11 is 0. The fraction of sp³-hybridized carbons (Fsp3) is 0.500. The molecule has 0 atom stereocenters. The van der Waals surface area contributed by atoms with Gasteiger partial charge in [0.2, 0.25) is 11.9 Å². The van der Waals surface area contributed by atoms with E-state index >= 15 is 0 Å². The van der Waals surface area contributed by atoms with Crippen LogP contribution in [0, 0.1) is 6.92 Å². The van der Waals surface area contributed by atoms with E-state index in [0.29, 0.717) is 23.9 Å². The summed E-state index contributed by atoms with van der Waals surface area (Å²) < 4.78 is 0. The maximum Gasteiger partial charge on any atom is 0.272 e. The zero-order valence-electron chi connectivity index (χ0n) is 11.6. The smallest absolute Gasteiger partial charge is 0.272 e. The molecule has 0 fully saturated rings. The highest BCUT2D eigenvalue weighted by molar-refractivity contribution is 5.92. The van der Waals surface area contributed by atoms with E-state index in [9.17, 15) is 9.59 Å². The second-order valence-corrected chi connectivity index (χ2v) is 4.12. The lowest BCUT2D eigenvalue weighted by molar-refractivity contribution is -0.120. The monoisotopic (exact) mass is 265 g/mol. The van der Waals surface area contributed by atoms with Crippen LogP contribution in [0.2, 0.25) is 0 Å². The van der Waals surface area contributed by atoms with Crippen molar-refractivity contribution in [1.82, 2.24) is 20.2 Å². The molecule has 19 heavy (non-hydrogen) atoms. The predicted octanol–water partition coefficient (Wildman–Crippen LogP) is 0.0348. The van der Waals surface area contributed by atoms with Gasteiger partial charge in [0.15, 0.2) is 0 Å². The van der Waals surface area contributed by atoms with Gasteiger partial charge in [-0.3, -0.25) is 9.59 Å². The normalized spacial score (nSPS) is 9.89. The number of amides is 2. The summed E-state index contributed by atoms with van der Waals surface area (Å²) in [6.07, 6.45) is 0.266. The van der Waals surface area contributed by atoms with Gasteiger partial charge in [-0.1, -0.05) is 0 Å². The van der Waals surface area contributed by atoms with E-state index in [1.165, 1.54) is 4.90 Å². The molecule has 2 N–H and O–H groups in total. The van der Waals surface area contributed by atoms with E-state index in [2.05, 4.69) is 20.6 Å². The highest BCUT2D eigenvalue weighted by Crippen LogP contribution is 2.07. The Morgan fingerprint density at radius 3 is 2.58 bits per heavy atom. The number of hydrogen-bond donors (Lipinski definition) is 2. The largest absolute Gasteiger partial charge is 0.359 e. The van der Waals surface area contributed by atoms with Crippen molar-refractivity contribution in [3.05, 3.63) is 17.5 Å². The van der Waals surface area contributed by atoms with Crippen molar-refractivity contribution in [3.63, 3.8) is 0 Å².